The first kappa shape index (κ1) is 17.5. The van der Waals surface area contributed by atoms with Gasteiger partial charge in [-0.3, -0.25) is 0 Å². The molecule has 21 heavy (non-hydrogen) atoms. The zero-order valence-electron chi connectivity index (χ0n) is 12.8. The number of anilines is 1. The minimum atomic E-state index is -3.64. The van der Waals surface area contributed by atoms with Crippen molar-refractivity contribution in [2.75, 3.05) is 26.0 Å². The highest BCUT2D eigenvalue weighted by Gasteiger charge is 2.20. The van der Waals surface area contributed by atoms with Crippen molar-refractivity contribution >= 4 is 21.7 Å². The van der Waals surface area contributed by atoms with Gasteiger partial charge in [0, 0.05) is 26.3 Å². The van der Waals surface area contributed by atoms with Crippen molar-refractivity contribution in [2.24, 2.45) is 5.92 Å². The molecule has 0 amide bonds. The summed E-state index contributed by atoms with van der Waals surface area (Å²) in [5.41, 5.74) is 0.391. The number of nitrogens with zero attached hydrogens (tertiary/aromatic N) is 1. The van der Waals surface area contributed by atoms with Gasteiger partial charge < -0.3 is 10.4 Å². The summed E-state index contributed by atoms with van der Waals surface area (Å²) in [7, 11) is -0.827. The number of benzene rings is 1. The molecule has 0 aliphatic carbocycles. The fourth-order valence-electron chi connectivity index (χ4n) is 1.72. The number of carboxylic acid groups (broad SMARTS) is 1. The van der Waals surface area contributed by atoms with E-state index in [1.54, 1.807) is 0 Å². The van der Waals surface area contributed by atoms with Gasteiger partial charge in [-0.2, -0.15) is 0 Å². The zero-order chi connectivity index (χ0) is 16.2. The third-order valence-electron chi connectivity index (χ3n) is 3.04. The summed E-state index contributed by atoms with van der Waals surface area (Å²) in [5, 5.41) is 12.3. The highest BCUT2D eigenvalue weighted by atomic mass is 32.2. The molecule has 0 aromatic heterocycles. The summed E-state index contributed by atoms with van der Waals surface area (Å²) < 4.78 is 25.1. The van der Waals surface area contributed by atoms with Crippen molar-refractivity contribution in [3.63, 3.8) is 0 Å². The highest BCUT2D eigenvalue weighted by Crippen LogP contribution is 2.22. The second kappa shape index (κ2) is 6.91. The summed E-state index contributed by atoms with van der Waals surface area (Å²) in [5.74, 6) is -0.656. The summed E-state index contributed by atoms with van der Waals surface area (Å²) in [6.45, 7) is 4.79. The summed E-state index contributed by atoms with van der Waals surface area (Å²) in [6, 6.07) is 4.11. The molecule has 1 rings (SSSR count). The summed E-state index contributed by atoms with van der Waals surface area (Å²) >= 11 is 0. The number of aromatic carboxylic acids is 1. The molecule has 7 heteroatoms. The first-order valence-electron chi connectivity index (χ1n) is 6.70. The number of hydrogen-bond donors (Lipinski definition) is 2. The predicted molar refractivity (Wildman–Crippen MR) is 82.2 cm³/mol. The van der Waals surface area contributed by atoms with Gasteiger partial charge in [0.2, 0.25) is 10.0 Å². The molecule has 2 N–H and O–H groups in total. The van der Waals surface area contributed by atoms with Gasteiger partial charge in [0.15, 0.2) is 0 Å². The molecule has 6 nitrogen and oxygen atoms in total. The molecule has 1 aromatic rings. The second-order valence-corrected chi connectivity index (χ2v) is 7.56. The van der Waals surface area contributed by atoms with Crippen LogP contribution in [0.15, 0.2) is 23.1 Å². The molecule has 0 heterocycles. The Labute approximate surface area is 125 Å². The van der Waals surface area contributed by atoms with Crippen LogP contribution in [0, 0.1) is 5.92 Å². The SMILES string of the molecule is CC(C)CCNc1ccc(S(=O)(=O)N(C)C)cc1C(=O)O. The van der Waals surface area contributed by atoms with Gasteiger partial charge in [-0.15, -0.1) is 0 Å². The number of rotatable bonds is 7. The smallest absolute Gasteiger partial charge is 0.337 e. The van der Waals surface area contributed by atoms with E-state index in [9.17, 15) is 18.3 Å². The number of carbonyl (C=O) groups is 1. The molecule has 0 bridgehead atoms. The molecule has 1 aromatic carbocycles. The lowest BCUT2D eigenvalue weighted by Crippen LogP contribution is -2.22. The topological polar surface area (TPSA) is 86.7 Å². The second-order valence-electron chi connectivity index (χ2n) is 5.41. The molecule has 0 saturated carbocycles. The Hall–Kier alpha value is -1.60. The van der Waals surface area contributed by atoms with Gasteiger partial charge in [0.05, 0.1) is 10.5 Å². The van der Waals surface area contributed by atoms with E-state index in [0.29, 0.717) is 18.2 Å². The molecular weight excluding hydrogens is 292 g/mol. The molecule has 0 aliphatic rings. The van der Waals surface area contributed by atoms with E-state index in [0.717, 1.165) is 10.7 Å². The van der Waals surface area contributed by atoms with E-state index in [1.165, 1.54) is 32.3 Å². The van der Waals surface area contributed by atoms with E-state index in [2.05, 4.69) is 19.2 Å². The molecule has 0 saturated heterocycles. The van der Waals surface area contributed by atoms with E-state index in [-0.39, 0.29) is 10.5 Å². The van der Waals surface area contributed by atoms with Crippen LogP contribution < -0.4 is 5.32 Å². The van der Waals surface area contributed by atoms with Crippen molar-refractivity contribution in [3.8, 4) is 0 Å². The normalized spacial score (nSPS) is 11.9. The van der Waals surface area contributed by atoms with Crippen LogP contribution in [0.5, 0.6) is 0 Å². The van der Waals surface area contributed by atoms with E-state index in [4.69, 9.17) is 0 Å². The van der Waals surface area contributed by atoms with Crippen molar-refractivity contribution in [1.29, 1.82) is 0 Å². The van der Waals surface area contributed by atoms with E-state index >= 15 is 0 Å². The van der Waals surface area contributed by atoms with Crippen LogP contribution in [0.25, 0.3) is 0 Å². The fraction of sp³-hybridized carbons (Fsp3) is 0.500. The molecule has 0 unspecified atom stereocenters. The Balaban J connectivity index is 3.11. The lowest BCUT2D eigenvalue weighted by molar-refractivity contribution is 0.0697. The average Bonchev–Trinajstić information content (AvgIpc) is 2.37. The number of nitrogens with one attached hydrogen (secondary N) is 1. The first-order valence-corrected chi connectivity index (χ1v) is 8.14. The third-order valence-corrected chi connectivity index (χ3v) is 4.85. The lowest BCUT2D eigenvalue weighted by atomic mass is 10.1. The molecule has 0 atom stereocenters. The zero-order valence-corrected chi connectivity index (χ0v) is 13.6. The standard InChI is InChI=1S/C14H22N2O4S/c1-10(2)7-8-15-13-6-5-11(9-12(13)14(17)18)21(19,20)16(3)4/h5-6,9-10,15H,7-8H2,1-4H3,(H,17,18). The first-order chi connectivity index (χ1) is 9.66. The molecular formula is C14H22N2O4S. The molecule has 0 spiro atoms. The van der Waals surface area contributed by atoms with Crippen LogP contribution in [-0.2, 0) is 10.0 Å². The molecule has 0 aliphatic heterocycles. The van der Waals surface area contributed by atoms with Gasteiger partial charge in [0.25, 0.3) is 0 Å². The Morgan fingerprint density at radius 2 is 1.95 bits per heavy atom. The van der Waals surface area contributed by atoms with Crippen LogP contribution in [-0.4, -0.2) is 44.4 Å². The maximum Gasteiger partial charge on any atom is 0.337 e. The van der Waals surface area contributed by atoms with Gasteiger partial charge >= 0.3 is 5.97 Å². The third kappa shape index (κ3) is 4.44. The van der Waals surface area contributed by atoms with Crippen molar-refractivity contribution in [2.45, 2.75) is 25.2 Å². The van der Waals surface area contributed by atoms with Crippen LogP contribution in [0.4, 0.5) is 5.69 Å². The van der Waals surface area contributed by atoms with Crippen molar-refractivity contribution in [3.05, 3.63) is 23.8 Å². The van der Waals surface area contributed by atoms with Crippen molar-refractivity contribution < 1.29 is 18.3 Å². The van der Waals surface area contributed by atoms with E-state index < -0.39 is 16.0 Å². The Bertz CT molecular complexity index is 609. The van der Waals surface area contributed by atoms with Gasteiger partial charge in [-0.05, 0) is 30.5 Å². The number of hydrogen-bond acceptors (Lipinski definition) is 4. The summed E-state index contributed by atoms with van der Waals surface area (Å²) in [4.78, 5) is 11.3. The largest absolute Gasteiger partial charge is 0.478 e. The van der Waals surface area contributed by atoms with Crippen LogP contribution in [0.3, 0.4) is 0 Å². The maximum atomic E-state index is 12.0. The summed E-state index contributed by atoms with van der Waals surface area (Å²) in [6.07, 6.45) is 0.900. The van der Waals surface area contributed by atoms with Gasteiger partial charge in [-0.1, -0.05) is 13.8 Å². The molecule has 118 valence electrons. The van der Waals surface area contributed by atoms with E-state index in [1.807, 2.05) is 0 Å². The molecule has 0 fully saturated rings. The predicted octanol–water partition coefficient (Wildman–Crippen LogP) is 2.09. The minimum Gasteiger partial charge on any atom is -0.478 e. The van der Waals surface area contributed by atoms with Gasteiger partial charge in [-0.25, -0.2) is 17.5 Å². The van der Waals surface area contributed by atoms with Gasteiger partial charge in [0.1, 0.15) is 0 Å². The monoisotopic (exact) mass is 314 g/mol. The fourth-order valence-corrected chi connectivity index (χ4v) is 2.65. The highest BCUT2D eigenvalue weighted by molar-refractivity contribution is 7.89. The number of sulfonamides is 1. The Kier molecular flexibility index (Phi) is 5.74. The molecule has 0 radical (unpaired) electrons. The van der Waals surface area contributed by atoms with Crippen molar-refractivity contribution in [1.82, 2.24) is 4.31 Å². The minimum absolute atomic E-state index is 0.0284. The maximum absolute atomic E-state index is 12.0. The quantitative estimate of drug-likeness (QED) is 0.805. The van der Waals surface area contributed by atoms with Crippen LogP contribution in [0.2, 0.25) is 0 Å². The number of carboxylic acids is 1. The Morgan fingerprint density at radius 1 is 1.33 bits per heavy atom. The van der Waals surface area contributed by atoms with Crippen LogP contribution >= 0.6 is 0 Å². The Morgan fingerprint density at radius 3 is 2.43 bits per heavy atom. The lowest BCUT2D eigenvalue weighted by Gasteiger charge is -2.15. The average molecular weight is 314 g/mol. The van der Waals surface area contributed by atoms with Crippen LogP contribution in [0.1, 0.15) is 30.6 Å².